The second-order valence-corrected chi connectivity index (χ2v) is 7.03. The Kier molecular flexibility index (Phi) is 4.90. The molecule has 2 atom stereocenters. The summed E-state index contributed by atoms with van der Waals surface area (Å²) in [7, 11) is 3.37. The third-order valence-electron chi connectivity index (χ3n) is 5.43. The van der Waals surface area contributed by atoms with E-state index in [1.807, 2.05) is 31.3 Å². The Morgan fingerprint density at radius 2 is 1.96 bits per heavy atom. The molecule has 1 aliphatic heterocycles. The molecule has 0 saturated heterocycles. The summed E-state index contributed by atoms with van der Waals surface area (Å²) < 4.78 is 4.94. The maximum atomic E-state index is 12.9. The van der Waals surface area contributed by atoms with E-state index >= 15 is 0 Å². The SMILES string of the molecule is COC(=O)C1Cc2ccccc2CN1C(=O)CN(C)C(C)C1CC1. The van der Waals surface area contributed by atoms with Gasteiger partial charge in [0.25, 0.3) is 0 Å². The molecule has 0 spiro atoms. The highest BCUT2D eigenvalue weighted by Gasteiger charge is 2.37. The Morgan fingerprint density at radius 1 is 1.29 bits per heavy atom. The number of carbonyl (C=O) groups excluding carboxylic acids is 2. The number of hydrogen-bond donors (Lipinski definition) is 0. The van der Waals surface area contributed by atoms with E-state index in [0.29, 0.717) is 31.5 Å². The largest absolute Gasteiger partial charge is 0.467 e. The number of methoxy groups -OCH3 is 1. The van der Waals surface area contributed by atoms with Gasteiger partial charge in [0, 0.05) is 19.0 Å². The van der Waals surface area contributed by atoms with E-state index < -0.39 is 6.04 Å². The number of carbonyl (C=O) groups is 2. The second kappa shape index (κ2) is 6.93. The lowest BCUT2D eigenvalue weighted by molar-refractivity contribution is -0.154. The van der Waals surface area contributed by atoms with Crippen molar-refractivity contribution in [2.24, 2.45) is 5.92 Å². The summed E-state index contributed by atoms with van der Waals surface area (Å²) in [5, 5.41) is 0. The van der Waals surface area contributed by atoms with Crippen molar-refractivity contribution >= 4 is 11.9 Å². The number of nitrogens with zero attached hydrogens (tertiary/aromatic N) is 2. The molecule has 1 heterocycles. The number of rotatable bonds is 5. The summed E-state index contributed by atoms with van der Waals surface area (Å²) in [6, 6.07) is 7.87. The maximum Gasteiger partial charge on any atom is 0.328 e. The molecule has 2 aliphatic rings. The number of fused-ring (bicyclic) bond motifs is 1. The Morgan fingerprint density at radius 3 is 2.58 bits per heavy atom. The van der Waals surface area contributed by atoms with Crippen LogP contribution in [0.15, 0.2) is 24.3 Å². The predicted molar refractivity (Wildman–Crippen MR) is 91.3 cm³/mol. The zero-order valence-electron chi connectivity index (χ0n) is 14.7. The highest BCUT2D eigenvalue weighted by Crippen LogP contribution is 2.34. The molecule has 1 aromatic rings. The van der Waals surface area contributed by atoms with Crippen LogP contribution in [0.2, 0.25) is 0 Å². The van der Waals surface area contributed by atoms with Crippen molar-refractivity contribution in [3.05, 3.63) is 35.4 Å². The Bertz CT molecular complexity index is 627. The lowest BCUT2D eigenvalue weighted by atomic mass is 9.94. The average Bonchev–Trinajstić information content (AvgIpc) is 3.44. The monoisotopic (exact) mass is 330 g/mol. The van der Waals surface area contributed by atoms with Crippen molar-refractivity contribution in [2.75, 3.05) is 20.7 Å². The fraction of sp³-hybridized carbons (Fsp3) is 0.579. The summed E-state index contributed by atoms with van der Waals surface area (Å²) in [6.07, 6.45) is 3.03. The summed E-state index contributed by atoms with van der Waals surface area (Å²) in [5.74, 6) is 0.368. The molecule has 1 amide bonds. The van der Waals surface area contributed by atoms with Crippen molar-refractivity contribution < 1.29 is 14.3 Å². The fourth-order valence-electron chi connectivity index (χ4n) is 3.52. The van der Waals surface area contributed by atoms with Crippen LogP contribution >= 0.6 is 0 Å². The van der Waals surface area contributed by atoms with Gasteiger partial charge in [-0.1, -0.05) is 24.3 Å². The number of benzene rings is 1. The lowest BCUT2D eigenvalue weighted by Gasteiger charge is -2.36. The Balaban J connectivity index is 1.75. The molecule has 5 heteroatoms. The molecule has 1 fully saturated rings. The first-order valence-electron chi connectivity index (χ1n) is 8.65. The molecule has 0 N–H and O–H groups in total. The molecule has 1 aromatic carbocycles. The van der Waals surface area contributed by atoms with Gasteiger partial charge >= 0.3 is 5.97 Å². The molecule has 24 heavy (non-hydrogen) atoms. The maximum absolute atomic E-state index is 12.9. The van der Waals surface area contributed by atoms with Crippen LogP contribution in [-0.2, 0) is 27.3 Å². The van der Waals surface area contributed by atoms with Crippen LogP contribution in [0.4, 0.5) is 0 Å². The van der Waals surface area contributed by atoms with E-state index in [4.69, 9.17) is 4.74 Å². The van der Waals surface area contributed by atoms with Crippen LogP contribution in [-0.4, -0.2) is 54.5 Å². The number of likely N-dealkylation sites (N-methyl/N-ethyl adjacent to an activating group) is 1. The molecular weight excluding hydrogens is 304 g/mol. The van der Waals surface area contributed by atoms with E-state index in [1.54, 1.807) is 4.90 Å². The molecule has 1 aliphatic carbocycles. The third kappa shape index (κ3) is 3.46. The quantitative estimate of drug-likeness (QED) is 0.773. The highest BCUT2D eigenvalue weighted by atomic mass is 16.5. The van der Waals surface area contributed by atoms with Gasteiger partial charge in [0.2, 0.25) is 5.91 Å². The zero-order chi connectivity index (χ0) is 17.3. The molecule has 1 saturated carbocycles. The van der Waals surface area contributed by atoms with Gasteiger partial charge in [-0.3, -0.25) is 9.69 Å². The van der Waals surface area contributed by atoms with Crippen molar-refractivity contribution in [3.8, 4) is 0 Å². The van der Waals surface area contributed by atoms with Crippen LogP contribution < -0.4 is 0 Å². The molecule has 0 aromatic heterocycles. The zero-order valence-corrected chi connectivity index (χ0v) is 14.7. The first kappa shape index (κ1) is 17.0. The van der Waals surface area contributed by atoms with E-state index in [0.717, 1.165) is 11.1 Å². The van der Waals surface area contributed by atoms with Gasteiger partial charge in [0.15, 0.2) is 0 Å². The highest BCUT2D eigenvalue weighted by molar-refractivity contribution is 5.86. The van der Waals surface area contributed by atoms with Crippen LogP contribution in [0.1, 0.15) is 30.9 Å². The summed E-state index contributed by atoms with van der Waals surface area (Å²) in [4.78, 5) is 28.9. The van der Waals surface area contributed by atoms with Gasteiger partial charge in [-0.15, -0.1) is 0 Å². The molecular formula is C19H26N2O3. The van der Waals surface area contributed by atoms with Gasteiger partial charge in [0.05, 0.1) is 13.7 Å². The first-order valence-corrected chi connectivity index (χ1v) is 8.65. The third-order valence-corrected chi connectivity index (χ3v) is 5.43. The first-order chi connectivity index (χ1) is 11.5. The number of hydrogen-bond acceptors (Lipinski definition) is 4. The summed E-state index contributed by atoms with van der Waals surface area (Å²) in [5.41, 5.74) is 2.24. The normalized spacial score (nSPS) is 21.3. The minimum Gasteiger partial charge on any atom is -0.467 e. The van der Waals surface area contributed by atoms with Gasteiger partial charge in [-0.05, 0) is 43.9 Å². The van der Waals surface area contributed by atoms with E-state index in [1.165, 1.54) is 20.0 Å². The molecule has 0 bridgehead atoms. The number of esters is 1. The summed E-state index contributed by atoms with van der Waals surface area (Å²) in [6.45, 7) is 2.99. The van der Waals surface area contributed by atoms with Gasteiger partial charge < -0.3 is 9.64 Å². The fourth-order valence-corrected chi connectivity index (χ4v) is 3.52. The van der Waals surface area contributed by atoms with E-state index in [2.05, 4.69) is 11.8 Å². The topological polar surface area (TPSA) is 49.9 Å². The van der Waals surface area contributed by atoms with Crippen LogP contribution in [0.5, 0.6) is 0 Å². The van der Waals surface area contributed by atoms with Gasteiger partial charge in [0.1, 0.15) is 6.04 Å². The van der Waals surface area contributed by atoms with Crippen molar-refractivity contribution in [1.82, 2.24) is 9.80 Å². The van der Waals surface area contributed by atoms with Crippen LogP contribution in [0, 0.1) is 5.92 Å². The molecule has 130 valence electrons. The van der Waals surface area contributed by atoms with Crippen molar-refractivity contribution in [3.63, 3.8) is 0 Å². The smallest absolute Gasteiger partial charge is 0.328 e. The minimum atomic E-state index is -0.526. The standard InChI is InChI=1S/C19H26N2O3/c1-13(14-8-9-14)20(2)12-18(22)21-11-16-7-5-4-6-15(16)10-17(21)19(23)24-3/h4-7,13-14,17H,8-12H2,1-3H3. The van der Waals surface area contributed by atoms with E-state index in [9.17, 15) is 9.59 Å². The Labute approximate surface area is 143 Å². The molecule has 3 rings (SSSR count). The minimum absolute atomic E-state index is 0.00472. The lowest BCUT2D eigenvalue weighted by Crippen LogP contribution is -2.52. The van der Waals surface area contributed by atoms with Crippen LogP contribution in [0.25, 0.3) is 0 Å². The second-order valence-electron chi connectivity index (χ2n) is 7.03. The van der Waals surface area contributed by atoms with Crippen molar-refractivity contribution in [2.45, 2.75) is 44.8 Å². The molecule has 0 radical (unpaired) electrons. The average molecular weight is 330 g/mol. The predicted octanol–water partition coefficient (Wildman–Crippen LogP) is 1.84. The van der Waals surface area contributed by atoms with Gasteiger partial charge in [-0.25, -0.2) is 4.79 Å². The Hall–Kier alpha value is -1.88. The molecule has 2 unspecified atom stereocenters. The number of ether oxygens (including phenoxy) is 1. The van der Waals surface area contributed by atoms with Crippen LogP contribution in [0.3, 0.4) is 0 Å². The molecule has 5 nitrogen and oxygen atoms in total. The van der Waals surface area contributed by atoms with E-state index in [-0.39, 0.29) is 11.9 Å². The number of amides is 1. The van der Waals surface area contributed by atoms with Gasteiger partial charge in [-0.2, -0.15) is 0 Å². The van der Waals surface area contributed by atoms with Crippen molar-refractivity contribution in [1.29, 1.82) is 0 Å². The summed E-state index contributed by atoms with van der Waals surface area (Å²) >= 11 is 0.